The summed E-state index contributed by atoms with van der Waals surface area (Å²) in [6.07, 6.45) is 1.64. The van der Waals surface area contributed by atoms with Gasteiger partial charge in [-0.15, -0.1) is 0 Å². The van der Waals surface area contributed by atoms with Gasteiger partial charge in [-0.1, -0.05) is 12.1 Å². The largest absolute Gasteiger partial charge is 0.497 e. The van der Waals surface area contributed by atoms with Gasteiger partial charge in [-0.3, -0.25) is 4.90 Å². The van der Waals surface area contributed by atoms with Gasteiger partial charge in [0.2, 0.25) is 0 Å². The normalized spacial score (nSPS) is 19.0. The van der Waals surface area contributed by atoms with E-state index < -0.39 is 6.10 Å². The van der Waals surface area contributed by atoms with Gasteiger partial charge in [0.15, 0.2) is 0 Å². The zero-order valence-electron chi connectivity index (χ0n) is 14.4. The monoisotopic (exact) mass is 330 g/mol. The fourth-order valence-corrected chi connectivity index (χ4v) is 3.23. The zero-order valence-corrected chi connectivity index (χ0v) is 14.4. The number of methoxy groups -OCH3 is 1. The molecule has 0 spiro atoms. The molecule has 130 valence electrons. The number of aromatic nitrogens is 1. The summed E-state index contributed by atoms with van der Waals surface area (Å²) in [7, 11) is 1.65. The number of nitrogens with zero attached hydrogens (tertiary/aromatic N) is 2. The summed E-state index contributed by atoms with van der Waals surface area (Å²) in [6.45, 7) is 5.60. The molecule has 1 N–H and O–H groups in total. The molecule has 0 radical (unpaired) electrons. The Balaban J connectivity index is 1.43. The topological polar surface area (TPSA) is 46.9 Å². The molecule has 0 fully saturated rings. The minimum Gasteiger partial charge on any atom is -0.497 e. The van der Waals surface area contributed by atoms with Crippen LogP contribution in [-0.4, -0.2) is 47.5 Å². The van der Waals surface area contributed by atoms with Gasteiger partial charge in [-0.25, -0.2) is 0 Å². The minimum absolute atomic E-state index is 0.324. The predicted octanol–water partition coefficient (Wildman–Crippen LogP) is 2.45. The Bertz CT molecular complexity index is 638. The molecule has 2 unspecified atom stereocenters. The van der Waals surface area contributed by atoms with Gasteiger partial charge in [0.1, 0.15) is 5.75 Å². The molecule has 2 aromatic rings. The van der Waals surface area contributed by atoms with Crippen LogP contribution in [0.25, 0.3) is 0 Å². The van der Waals surface area contributed by atoms with Crippen molar-refractivity contribution in [3.63, 3.8) is 0 Å². The van der Waals surface area contributed by atoms with E-state index in [2.05, 4.69) is 34.7 Å². The molecule has 2 heterocycles. The standard InChI is InChI=1S/C19H26N2O3/c1-15-19-4-3-9-20(19)10-11-21(15)12-17(22)14-24-13-16-5-7-18(23-2)8-6-16/h3-9,15,17,22H,10-14H2,1-2H3. The van der Waals surface area contributed by atoms with Crippen LogP contribution in [0.1, 0.15) is 24.2 Å². The molecule has 1 aromatic heterocycles. The second-order valence-electron chi connectivity index (χ2n) is 6.31. The van der Waals surface area contributed by atoms with Crippen LogP contribution in [0.4, 0.5) is 0 Å². The van der Waals surface area contributed by atoms with Gasteiger partial charge >= 0.3 is 0 Å². The molecule has 0 aliphatic carbocycles. The van der Waals surface area contributed by atoms with Crippen LogP contribution in [0.3, 0.4) is 0 Å². The van der Waals surface area contributed by atoms with E-state index in [1.807, 2.05) is 24.3 Å². The summed E-state index contributed by atoms with van der Waals surface area (Å²) in [5.41, 5.74) is 2.39. The average molecular weight is 330 g/mol. The van der Waals surface area contributed by atoms with Crippen molar-refractivity contribution in [3.8, 4) is 5.75 Å². The molecule has 0 saturated heterocycles. The van der Waals surface area contributed by atoms with Gasteiger partial charge in [-0.05, 0) is 36.8 Å². The van der Waals surface area contributed by atoms with Crippen molar-refractivity contribution in [2.45, 2.75) is 32.2 Å². The highest BCUT2D eigenvalue weighted by atomic mass is 16.5. The lowest BCUT2D eigenvalue weighted by Crippen LogP contribution is -2.42. The fraction of sp³-hybridized carbons (Fsp3) is 0.474. The van der Waals surface area contributed by atoms with Crippen molar-refractivity contribution in [1.82, 2.24) is 9.47 Å². The number of hydrogen-bond donors (Lipinski definition) is 1. The number of aliphatic hydroxyl groups excluding tert-OH is 1. The summed E-state index contributed by atoms with van der Waals surface area (Å²) in [6, 6.07) is 12.4. The Labute approximate surface area is 143 Å². The van der Waals surface area contributed by atoms with Crippen LogP contribution in [0.2, 0.25) is 0 Å². The molecule has 5 heteroatoms. The molecule has 1 aromatic carbocycles. The lowest BCUT2D eigenvalue weighted by Gasteiger charge is -2.36. The third kappa shape index (κ3) is 3.98. The van der Waals surface area contributed by atoms with E-state index in [9.17, 15) is 5.11 Å². The molecule has 0 amide bonds. The molecule has 24 heavy (non-hydrogen) atoms. The van der Waals surface area contributed by atoms with E-state index >= 15 is 0 Å². The fourth-order valence-electron chi connectivity index (χ4n) is 3.23. The Kier molecular flexibility index (Phi) is 5.56. The third-order valence-corrected chi connectivity index (χ3v) is 4.65. The van der Waals surface area contributed by atoms with E-state index in [4.69, 9.17) is 9.47 Å². The van der Waals surface area contributed by atoms with Crippen LogP contribution in [-0.2, 0) is 17.9 Å². The van der Waals surface area contributed by atoms with Crippen LogP contribution in [0, 0.1) is 0 Å². The molecule has 2 atom stereocenters. The smallest absolute Gasteiger partial charge is 0.118 e. The molecular formula is C19H26N2O3. The second-order valence-corrected chi connectivity index (χ2v) is 6.31. The number of hydrogen-bond acceptors (Lipinski definition) is 4. The van der Waals surface area contributed by atoms with Crippen molar-refractivity contribution < 1.29 is 14.6 Å². The van der Waals surface area contributed by atoms with Crippen molar-refractivity contribution in [3.05, 3.63) is 53.9 Å². The SMILES string of the molecule is COc1ccc(COCC(O)CN2CCn3cccc3C2C)cc1. The maximum Gasteiger partial charge on any atom is 0.118 e. The number of aliphatic hydroxyl groups is 1. The molecule has 3 rings (SSSR count). The average Bonchev–Trinajstić information content (AvgIpc) is 3.07. The van der Waals surface area contributed by atoms with E-state index in [1.165, 1.54) is 5.69 Å². The van der Waals surface area contributed by atoms with Crippen LogP contribution in [0.5, 0.6) is 5.75 Å². The second kappa shape index (κ2) is 7.83. The highest BCUT2D eigenvalue weighted by Gasteiger charge is 2.25. The van der Waals surface area contributed by atoms with Gasteiger partial charge in [0.05, 0.1) is 26.4 Å². The maximum atomic E-state index is 10.3. The Morgan fingerprint density at radius 3 is 2.75 bits per heavy atom. The lowest BCUT2D eigenvalue weighted by molar-refractivity contribution is -0.000827. The summed E-state index contributed by atoms with van der Waals surface area (Å²) >= 11 is 0. The van der Waals surface area contributed by atoms with Crippen molar-refractivity contribution in [1.29, 1.82) is 0 Å². The first-order chi connectivity index (χ1) is 11.7. The third-order valence-electron chi connectivity index (χ3n) is 4.65. The number of fused-ring (bicyclic) bond motifs is 1. The van der Waals surface area contributed by atoms with E-state index in [0.29, 0.717) is 25.8 Å². The summed E-state index contributed by atoms with van der Waals surface area (Å²) in [5, 5.41) is 10.3. The molecular weight excluding hydrogens is 304 g/mol. The summed E-state index contributed by atoms with van der Waals surface area (Å²) in [4.78, 5) is 2.32. The first kappa shape index (κ1) is 17.0. The van der Waals surface area contributed by atoms with E-state index in [0.717, 1.165) is 24.4 Å². The zero-order chi connectivity index (χ0) is 16.9. The molecule has 5 nitrogen and oxygen atoms in total. The van der Waals surface area contributed by atoms with Crippen molar-refractivity contribution >= 4 is 0 Å². The van der Waals surface area contributed by atoms with Gasteiger partial charge in [-0.2, -0.15) is 0 Å². The first-order valence-corrected chi connectivity index (χ1v) is 8.45. The molecule has 1 aliphatic rings. The van der Waals surface area contributed by atoms with Crippen LogP contribution < -0.4 is 4.74 Å². The highest BCUT2D eigenvalue weighted by molar-refractivity contribution is 5.26. The number of ether oxygens (including phenoxy) is 2. The van der Waals surface area contributed by atoms with Crippen LogP contribution >= 0.6 is 0 Å². The highest BCUT2D eigenvalue weighted by Crippen LogP contribution is 2.25. The van der Waals surface area contributed by atoms with E-state index in [1.54, 1.807) is 7.11 Å². The Hall–Kier alpha value is -1.82. The maximum absolute atomic E-state index is 10.3. The molecule has 1 aliphatic heterocycles. The van der Waals surface area contributed by atoms with Crippen LogP contribution in [0.15, 0.2) is 42.6 Å². The molecule has 0 bridgehead atoms. The Morgan fingerprint density at radius 2 is 2.00 bits per heavy atom. The van der Waals surface area contributed by atoms with Crippen molar-refractivity contribution in [2.24, 2.45) is 0 Å². The van der Waals surface area contributed by atoms with Crippen molar-refractivity contribution in [2.75, 3.05) is 26.8 Å². The number of β-amino-alcohol motifs (C(OH)–C–C–N with tert-alkyl or cyclic N) is 1. The lowest BCUT2D eigenvalue weighted by atomic mass is 10.1. The Morgan fingerprint density at radius 1 is 1.21 bits per heavy atom. The van der Waals surface area contributed by atoms with Gasteiger partial charge in [0.25, 0.3) is 0 Å². The number of benzene rings is 1. The predicted molar refractivity (Wildman–Crippen MR) is 93.1 cm³/mol. The van der Waals surface area contributed by atoms with E-state index in [-0.39, 0.29) is 0 Å². The van der Waals surface area contributed by atoms with Gasteiger partial charge < -0.3 is 19.1 Å². The quantitative estimate of drug-likeness (QED) is 0.847. The summed E-state index contributed by atoms with van der Waals surface area (Å²) < 4.78 is 13.1. The minimum atomic E-state index is -0.479. The molecule has 0 saturated carbocycles. The van der Waals surface area contributed by atoms with Gasteiger partial charge in [0, 0.05) is 37.6 Å². The number of rotatable bonds is 7. The summed E-state index contributed by atoms with van der Waals surface area (Å²) in [5.74, 6) is 0.836. The first-order valence-electron chi connectivity index (χ1n) is 8.45.